The fraction of sp³-hybridized carbons (Fsp3) is 0.421. The summed E-state index contributed by atoms with van der Waals surface area (Å²) in [5, 5.41) is 10.2. The van der Waals surface area contributed by atoms with E-state index in [4.69, 9.17) is 14.5 Å². The van der Waals surface area contributed by atoms with E-state index in [0.29, 0.717) is 30.8 Å². The van der Waals surface area contributed by atoms with E-state index in [1.165, 1.54) is 7.11 Å². The summed E-state index contributed by atoms with van der Waals surface area (Å²) in [4.78, 5) is 25.7. The number of hydrogen-bond donors (Lipinski definition) is 1. The first kappa shape index (κ1) is 18.9. The largest absolute Gasteiger partial charge is 0.465 e. The van der Waals surface area contributed by atoms with Crippen LogP contribution in [0.3, 0.4) is 0 Å². The zero-order valence-electron chi connectivity index (χ0n) is 16.0. The molecule has 0 bridgehead atoms. The number of carbonyl (C=O) groups excluding carboxylic acids is 1. The van der Waals surface area contributed by atoms with Gasteiger partial charge in [0, 0.05) is 31.2 Å². The van der Waals surface area contributed by atoms with Crippen LogP contribution in [0.25, 0.3) is 11.0 Å². The fourth-order valence-electron chi connectivity index (χ4n) is 3.74. The van der Waals surface area contributed by atoms with Crippen LogP contribution in [-0.4, -0.2) is 72.8 Å². The Labute approximate surface area is 163 Å². The topological polar surface area (TPSA) is 88.0 Å². The first-order valence-corrected chi connectivity index (χ1v) is 9.40. The zero-order chi connectivity index (χ0) is 19.7. The molecule has 2 aromatic rings. The summed E-state index contributed by atoms with van der Waals surface area (Å²) in [5.41, 5.74) is 2.60. The van der Waals surface area contributed by atoms with Crippen molar-refractivity contribution in [1.82, 2.24) is 14.8 Å². The van der Waals surface area contributed by atoms with Crippen molar-refractivity contribution in [3.8, 4) is 0 Å². The van der Waals surface area contributed by atoms with Crippen molar-refractivity contribution in [1.29, 1.82) is 0 Å². The monoisotopic (exact) mass is 382 g/mol. The van der Waals surface area contributed by atoms with Gasteiger partial charge in [0.2, 0.25) is 0 Å². The molecule has 1 N–H and O–H groups in total. The highest BCUT2D eigenvalue weighted by molar-refractivity contribution is 6.45. The average molecular weight is 382 g/mol. The van der Waals surface area contributed by atoms with E-state index >= 15 is 0 Å². The van der Waals surface area contributed by atoms with Crippen molar-refractivity contribution in [2.45, 2.75) is 12.9 Å². The normalized spacial score (nSPS) is 20.0. The number of rotatable bonds is 4. The molecule has 1 saturated heterocycles. The number of ether oxygens (including phenoxy) is 2. The molecule has 8 nitrogen and oxygen atoms in total. The Bertz CT molecular complexity index is 914. The standard InChI is InChI=1S/C19H23BN4O4/c1-20(26)24-5-3-4-16(24)14-10-13(19(25)27-2)11-15-18(14)22-17(12-21-15)23-6-8-28-9-7-23/h3-4,10-12,16,26H,5-9H2,1-2H3. The second-order valence-electron chi connectivity index (χ2n) is 6.95. The summed E-state index contributed by atoms with van der Waals surface area (Å²) in [5.74, 6) is 0.362. The number of esters is 1. The molecule has 1 atom stereocenters. The Balaban J connectivity index is 1.85. The van der Waals surface area contributed by atoms with Gasteiger partial charge in [-0.05, 0) is 19.0 Å². The number of benzene rings is 1. The summed E-state index contributed by atoms with van der Waals surface area (Å²) < 4.78 is 10.3. The number of carbonyl (C=O) groups is 1. The lowest BCUT2D eigenvalue weighted by Crippen LogP contribution is -2.37. The highest BCUT2D eigenvalue weighted by Gasteiger charge is 2.30. The fourth-order valence-corrected chi connectivity index (χ4v) is 3.74. The molecule has 28 heavy (non-hydrogen) atoms. The number of anilines is 1. The number of methoxy groups -OCH3 is 1. The molecule has 4 rings (SSSR count). The lowest BCUT2D eigenvalue weighted by Gasteiger charge is -2.29. The van der Waals surface area contributed by atoms with Crippen LogP contribution < -0.4 is 4.90 Å². The maximum Gasteiger partial charge on any atom is 0.377 e. The van der Waals surface area contributed by atoms with Crippen molar-refractivity contribution >= 4 is 29.9 Å². The van der Waals surface area contributed by atoms with Crippen molar-refractivity contribution in [2.75, 3.05) is 44.9 Å². The van der Waals surface area contributed by atoms with E-state index in [-0.39, 0.29) is 6.04 Å². The number of nitrogens with zero attached hydrogens (tertiary/aromatic N) is 4. The van der Waals surface area contributed by atoms with Crippen molar-refractivity contribution in [2.24, 2.45) is 0 Å². The Morgan fingerprint density at radius 1 is 1.36 bits per heavy atom. The molecule has 2 aliphatic heterocycles. The third-order valence-electron chi connectivity index (χ3n) is 5.21. The first-order chi connectivity index (χ1) is 13.6. The van der Waals surface area contributed by atoms with Crippen LogP contribution in [0.2, 0.25) is 6.82 Å². The first-order valence-electron chi connectivity index (χ1n) is 9.40. The molecule has 146 valence electrons. The van der Waals surface area contributed by atoms with Crippen LogP contribution >= 0.6 is 0 Å². The number of morpholine rings is 1. The number of aromatic nitrogens is 2. The van der Waals surface area contributed by atoms with Gasteiger partial charge in [-0.3, -0.25) is 4.98 Å². The van der Waals surface area contributed by atoms with Crippen molar-refractivity contribution < 1.29 is 19.3 Å². The Kier molecular flexibility index (Phi) is 5.30. The predicted molar refractivity (Wildman–Crippen MR) is 106 cm³/mol. The summed E-state index contributed by atoms with van der Waals surface area (Å²) in [6.07, 6.45) is 5.76. The molecule has 9 heteroatoms. The van der Waals surface area contributed by atoms with Gasteiger partial charge in [0.1, 0.15) is 5.82 Å². The number of fused-ring (bicyclic) bond motifs is 1. The smallest absolute Gasteiger partial charge is 0.377 e. The lowest BCUT2D eigenvalue weighted by molar-refractivity contribution is 0.0600. The van der Waals surface area contributed by atoms with Crippen LogP contribution in [0.5, 0.6) is 0 Å². The van der Waals surface area contributed by atoms with Crippen LogP contribution in [0.4, 0.5) is 5.82 Å². The summed E-state index contributed by atoms with van der Waals surface area (Å²) in [6, 6.07) is 3.30. The molecule has 3 heterocycles. The molecule has 1 fully saturated rings. The Hall–Kier alpha value is -2.49. The molecule has 0 amide bonds. The highest BCUT2D eigenvalue weighted by atomic mass is 16.5. The quantitative estimate of drug-likeness (QED) is 0.481. The van der Waals surface area contributed by atoms with Gasteiger partial charge < -0.3 is 24.2 Å². The van der Waals surface area contributed by atoms with Gasteiger partial charge in [-0.15, -0.1) is 0 Å². The summed E-state index contributed by atoms with van der Waals surface area (Å²) in [7, 11) is 0.726. The molecule has 2 aliphatic rings. The second kappa shape index (κ2) is 7.87. The minimum Gasteiger partial charge on any atom is -0.465 e. The molecular formula is C19H23BN4O4. The molecule has 0 radical (unpaired) electrons. The lowest BCUT2D eigenvalue weighted by atomic mass is 9.82. The van der Waals surface area contributed by atoms with Crippen molar-refractivity contribution in [3.05, 3.63) is 41.6 Å². The van der Waals surface area contributed by atoms with Gasteiger partial charge in [0.05, 0.1) is 43.1 Å². The van der Waals surface area contributed by atoms with Crippen LogP contribution in [0.15, 0.2) is 30.5 Å². The van der Waals surface area contributed by atoms with E-state index in [0.717, 1.165) is 30.0 Å². The third-order valence-corrected chi connectivity index (χ3v) is 5.21. The Morgan fingerprint density at radius 3 is 2.86 bits per heavy atom. The predicted octanol–water partition coefficient (Wildman–Crippen LogP) is 1.28. The molecule has 1 aromatic heterocycles. The molecular weight excluding hydrogens is 359 g/mol. The van der Waals surface area contributed by atoms with Gasteiger partial charge in [0.25, 0.3) is 0 Å². The van der Waals surface area contributed by atoms with Crippen LogP contribution in [0.1, 0.15) is 22.0 Å². The average Bonchev–Trinajstić information content (AvgIpc) is 3.22. The van der Waals surface area contributed by atoms with Gasteiger partial charge in [-0.2, -0.15) is 0 Å². The molecule has 0 aliphatic carbocycles. The van der Waals surface area contributed by atoms with Gasteiger partial charge >= 0.3 is 13.0 Å². The maximum absolute atomic E-state index is 12.2. The molecule has 0 saturated carbocycles. The molecule has 1 aromatic carbocycles. The van der Waals surface area contributed by atoms with Gasteiger partial charge in [0.15, 0.2) is 0 Å². The summed E-state index contributed by atoms with van der Waals surface area (Å²) in [6.45, 7) is 5.21. The molecule has 0 spiro atoms. The maximum atomic E-state index is 12.2. The van der Waals surface area contributed by atoms with Crippen molar-refractivity contribution in [3.63, 3.8) is 0 Å². The SMILES string of the molecule is COC(=O)c1cc(C2C=CCN2B(C)O)c2nc(N3CCOCC3)cnc2c1. The van der Waals surface area contributed by atoms with Crippen LogP contribution in [-0.2, 0) is 9.47 Å². The van der Waals surface area contributed by atoms with E-state index in [2.05, 4.69) is 9.88 Å². The minimum absolute atomic E-state index is 0.193. The Morgan fingerprint density at radius 2 is 2.14 bits per heavy atom. The van der Waals surface area contributed by atoms with E-state index in [1.54, 1.807) is 25.2 Å². The third kappa shape index (κ3) is 3.48. The van der Waals surface area contributed by atoms with E-state index in [9.17, 15) is 9.82 Å². The summed E-state index contributed by atoms with van der Waals surface area (Å²) >= 11 is 0. The number of hydrogen-bond acceptors (Lipinski definition) is 8. The highest BCUT2D eigenvalue weighted by Crippen LogP contribution is 2.33. The minimum atomic E-state index is -0.632. The molecule has 1 unspecified atom stereocenters. The van der Waals surface area contributed by atoms with E-state index < -0.39 is 13.0 Å². The second-order valence-corrected chi connectivity index (χ2v) is 6.95. The van der Waals surface area contributed by atoms with Gasteiger partial charge in [-0.1, -0.05) is 12.2 Å². The van der Waals surface area contributed by atoms with E-state index in [1.807, 2.05) is 17.0 Å². The van der Waals surface area contributed by atoms with Gasteiger partial charge in [-0.25, -0.2) is 9.78 Å². The van der Waals surface area contributed by atoms with Crippen LogP contribution in [0, 0.1) is 0 Å². The zero-order valence-corrected chi connectivity index (χ0v) is 16.0.